The lowest BCUT2D eigenvalue weighted by Gasteiger charge is -2.05. The Bertz CT molecular complexity index is 390. The van der Waals surface area contributed by atoms with Crippen LogP contribution in [-0.4, -0.2) is 23.2 Å². The second-order valence-electron chi connectivity index (χ2n) is 3.06. The maximum Gasteiger partial charge on any atom is 0.341 e. The van der Waals surface area contributed by atoms with E-state index in [4.69, 9.17) is 9.84 Å². The second kappa shape index (κ2) is 3.26. The lowest BCUT2D eigenvalue weighted by Crippen LogP contribution is -2.05. The normalized spacial score (nSPS) is 13.8. The van der Waals surface area contributed by atoms with Crippen LogP contribution in [0.4, 0.5) is 0 Å². The predicted octanol–water partition coefficient (Wildman–Crippen LogP) is 0.392. The number of aromatic carboxylic acids is 1. The van der Waals surface area contributed by atoms with Gasteiger partial charge in [-0.05, 0) is 11.6 Å². The highest BCUT2D eigenvalue weighted by Crippen LogP contribution is 2.22. The van der Waals surface area contributed by atoms with E-state index in [0.717, 1.165) is 11.3 Å². The van der Waals surface area contributed by atoms with Crippen molar-refractivity contribution >= 4 is 5.97 Å². The number of hydrogen-bond acceptors (Lipinski definition) is 4. The van der Waals surface area contributed by atoms with Crippen LogP contribution in [0, 0.1) is 0 Å². The zero-order chi connectivity index (χ0) is 10.1. The van der Waals surface area contributed by atoms with Crippen LogP contribution in [0.15, 0.2) is 6.07 Å². The Hall–Kier alpha value is -1.62. The van der Waals surface area contributed by atoms with Gasteiger partial charge in [0.1, 0.15) is 5.56 Å². The fourth-order valence-electron chi connectivity index (χ4n) is 1.50. The average molecular weight is 194 g/mol. The molecule has 2 heterocycles. The zero-order valence-corrected chi connectivity index (χ0v) is 7.70. The molecule has 2 N–H and O–H groups in total. The monoisotopic (exact) mass is 194 g/mol. The minimum Gasteiger partial charge on any atom is -0.480 e. The number of rotatable bonds is 2. The fraction of sp³-hybridized carbons (Fsp3) is 0.333. The number of fused-ring (bicyclic) bond motifs is 1. The smallest absolute Gasteiger partial charge is 0.341 e. The molecule has 5 heteroatoms. The number of methoxy groups -OCH3 is 1. The maximum absolute atomic E-state index is 10.8. The van der Waals surface area contributed by atoms with Crippen LogP contribution >= 0.6 is 0 Å². The van der Waals surface area contributed by atoms with Gasteiger partial charge < -0.3 is 15.2 Å². The number of hydrogen-bond donors (Lipinski definition) is 2. The lowest BCUT2D eigenvalue weighted by atomic mass is 10.1. The lowest BCUT2D eigenvalue weighted by molar-refractivity contribution is 0.0692. The molecule has 0 radical (unpaired) electrons. The number of aromatic nitrogens is 1. The molecular formula is C9H10N2O3. The summed E-state index contributed by atoms with van der Waals surface area (Å²) in [6.45, 7) is 1.35. The molecule has 0 atom stereocenters. The fourth-order valence-corrected chi connectivity index (χ4v) is 1.50. The number of carboxylic acids is 1. The van der Waals surface area contributed by atoms with Crippen molar-refractivity contribution in [1.29, 1.82) is 0 Å². The van der Waals surface area contributed by atoms with Crippen molar-refractivity contribution in [2.75, 3.05) is 7.11 Å². The van der Waals surface area contributed by atoms with Crippen LogP contribution in [0.2, 0.25) is 0 Å². The first kappa shape index (κ1) is 8.96. The third-order valence-electron chi connectivity index (χ3n) is 2.19. The van der Waals surface area contributed by atoms with E-state index < -0.39 is 5.97 Å². The van der Waals surface area contributed by atoms with Gasteiger partial charge in [0.25, 0.3) is 0 Å². The molecule has 1 aromatic rings. The van der Waals surface area contributed by atoms with Gasteiger partial charge >= 0.3 is 5.97 Å². The number of nitrogens with one attached hydrogen (secondary N) is 1. The van der Waals surface area contributed by atoms with Gasteiger partial charge in [0.15, 0.2) is 0 Å². The van der Waals surface area contributed by atoms with Crippen LogP contribution in [0.3, 0.4) is 0 Å². The standard InChI is InChI=1S/C9H10N2O3/c1-14-8-6(9(12)13)2-5-3-10-4-7(5)11-8/h2,10H,3-4H2,1H3,(H,12,13). The molecule has 0 spiro atoms. The highest BCUT2D eigenvalue weighted by Gasteiger charge is 2.19. The van der Waals surface area contributed by atoms with Gasteiger partial charge in [-0.25, -0.2) is 9.78 Å². The van der Waals surface area contributed by atoms with Crippen LogP contribution in [0.25, 0.3) is 0 Å². The average Bonchev–Trinajstić information content (AvgIpc) is 2.62. The molecule has 0 amide bonds. The van der Waals surface area contributed by atoms with Crippen molar-refractivity contribution in [3.8, 4) is 5.88 Å². The van der Waals surface area contributed by atoms with Crippen molar-refractivity contribution < 1.29 is 14.6 Å². The minimum absolute atomic E-state index is 0.120. The van der Waals surface area contributed by atoms with Crippen LogP contribution in [0.1, 0.15) is 21.6 Å². The molecule has 0 saturated heterocycles. The van der Waals surface area contributed by atoms with Gasteiger partial charge in [-0.1, -0.05) is 0 Å². The van der Waals surface area contributed by atoms with Crippen LogP contribution in [-0.2, 0) is 13.1 Å². The van der Waals surface area contributed by atoms with E-state index in [1.54, 1.807) is 6.07 Å². The highest BCUT2D eigenvalue weighted by atomic mass is 16.5. The molecule has 1 aliphatic heterocycles. The summed E-state index contributed by atoms with van der Waals surface area (Å²) in [5.41, 5.74) is 1.92. The van der Waals surface area contributed by atoms with E-state index in [-0.39, 0.29) is 11.4 Å². The third-order valence-corrected chi connectivity index (χ3v) is 2.19. The molecule has 2 rings (SSSR count). The summed E-state index contributed by atoms with van der Waals surface area (Å²) in [5.74, 6) is -0.830. The molecule has 0 saturated carbocycles. The molecule has 0 aromatic carbocycles. The van der Waals surface area contributed by atoms with Gasteiger partial charge in [-0.15, -0.1) is 0 Å². The Morgan fingerprint density at radius 2 is 2.43 bits per heavy atom. The highest BCUT2D eigenvalue weighted by molar-refractivity contribution is 5.90. The predicted molar refractivity (Wildman–Crippen MR) is 48.3 cm³/mol. The molecule has 1 aromatic heterocycles. The summed E-state index contributed by atoms with van der Waals surface area (Å²) in [6.07, 6.45) is 0. The molecule has 14 heavy (non-hydrogen) atoms. The molecule has 1 aliphatic rings. The van der Waals surface area contributed by atoms with E-state index >= 15 is 0 Å². The summed E-state index contributed by atoms with van der Waals surface area (Å²) < 4.78 is 4.91. The number of carbonyl (C=O) groups is 1. The van der Waals surface area contributed by atoms with Crippen molar-refractivity contribution in [1.82, 2.24) is 10.3 Å². The number of pyridine rings is 1. The molecule has 0 unspecified atom stereocenters. The summed E-state index contributed by atoms with van der Waals surface area (Å²) in [7, 11) is 1.42. The van der Waals surface area contributed by atoms with Crippen LogP contribution < -0.4 is 10.1 Å². The largest absolute Gasteiger partial charge is 0.480 e. The van der Waals surface area contributed by atoms with Gasteiger partial charge in [0, 0.05) is 13.1 Å². The van der Waals surface area contributed by atoms with E-state index in [1.807, 2.05) is 0 Å². The first-order valence-electron chi connectivity index (χ1n) is 4.23. The van der Waals surface area contributed by atoms with Gasteiger partial charge in [-0.3, -0.25) is 0 Å². The van der Waals surface area contributed by atoms with Crippen molar-refractivity contribution in [3.63, 3.8) is 0 Å². The number of ether oxygens (including phenoxy) is 1. The molecule has 0 bridgehead atoms. The third kappa shape index (κ3) is 1.31. The maximum atomic E-state index is 10.8. The first-order valence-corrected chi connectivity index (χ1v) is 4.23. The quantitative estimate of drug-likeness (QED) is 0.712. The summed E-state index contributed by atoms with van der Waals surface area (Å²) in [6, 6.07) is 1.61. The van der Waals surface area contributed by atoms with E-state index in [2.05, 4.69) is 10.3 Å². The Balaban J connectivity index is 2.54. The first-order chi connectivity index (χ1) is 6.72. The Kier molecular flexibility index (Phi) is 2.09. The van der Waals surface area contributed by atoms with Gasteiger partial charge in [0.2, 0.25) is 5.88 Å². The molecular weight excluding hydrogens is 184 g/mol. The van der Waals surface area contributed by atoms with E-state index in [1.165, 1.54) is 7.11 Å². The second-order valence-corrected chi connectivity index (χ2v) is 3.06. The Morgan fingerprint density at radius 3 is 3.07 bits per heavy atom. The molecule has 5 nitrogen and oxygen atoms in total. The van der Waals surface area contributed by atoms with Crippen molar-refractivity contribution in [2.24, 2.45) is 0 Å². The molecule has 74 valence electrons. The zero-order valence-electron chi connectivity index (χ0n) is 7.70. The summed E-state index contributed by atoms with van der Waals surface area (Å²) in [4.78, 5) is 15.0. The number of carboxylic acid groups (broad SMARTS) is 1. The van der Waals surface area contributed by atoms with E-state index in [9.17, 15) is 4.79 Å². The molecule has 0 aliphatic carbocycles. The summed E-state index contributed by atoms with van der Waals surface area (Å²) >= 11 is 0. The number of nitrogens with zero attached hydrogens (tertiary/aromatic N) is 1. The molecule has 0 fully saturated rings. The Labute approximate surface area is 80.7 Å². The van der Waals surface area contributed by atoms with Crippen molar-refractivity contribution in [3.05, 3.63) is 22.9 Å². The van der Waals surface area contributed by atoms with Crippen LogP contribution in [0.5, 0.6) is 5.88 Å². The Morgan fingerprint density at radius 1 is 1.64 bits per heavy atom. The van der Waals surface area contributed by atoms with Crippen molar-refractivity contribution in [2.45, 2.75) is 13.1 Å². The van der Waals surface area contributed by atoms with Gasteiger partial charge in [0.05, 0.1) is 12.8 Å². The summed E-state index contributed by atoms with van der Waals surface area (Å²) in [5, 5.41) is 12.0. The van der Waals surface area contributed by atoms with E-state index in [0.29, 0.717) is 13.1 Å². The SMILES string of the molecule is COc1nc2c(cc1C(=O)O)CNC2. The minimum atomic E-state index is -1.01. The topological polar surface area (TPSA) is 71.5 Å². The van der Waals surface area contributed by atoms with Gasteiger partial charge in [-0.2, -0.15) is 0 Å².